The highest BCUT2D eigenvalue weighted by Crippen LogP contribution is 2.29. The third kappa shape index (κ3) is 1.64. The van der Waals surface area contributed by atoms with Crippen LogP contribution < -0.4 is 5.73 Å². The molecular weight excluding hydrogens is 161 g/mol. The molecule has 1 rings (SSSR count). The van der Waals surface area contributed by atoms with Crippen LogP contribution in [-0.4, -0.2) is 22.8 Å². The van der Waals surface area contributed by atoms with Crippen molar-refractivity contribution < 1.29 is 14.3 Å². The molecule has 0 saturated carbocycles. The Bertz CT molecular complexity index is 235. The van der Waals surface area contributed by atoms with Crippen LogP contribution in [0.5, 0.6) is 0 Å². The van der Waals surface area contributed by atoms with Crippen molar-refractivity contribution in [2.45, 2.75) is 31.5 Å². The summed E-state index contributed by atoms with van der Waals surface area (Å²) < 4.78 is 13.3. The lowest BCUT2D eigenvalue weighted by atomic mass is 9.85. The molecule has 1 aliphatic rings. The maximum atomic E-state index is 13.3. The van der Waals surface area contributed by atoms with E-state index >= 15 is 0 Å². The molecule has 1 unspecified atom stereocenters. The monoisotopic (exact) mass is 173 g/mol. The van der Waals surface area contributed by atoms with Crippen molar-refractivity contribution in [3.8, 4) is 0 Å². The van der Waals surface area contributed by atoms with E-state index in [-0.39, 0.29) is 18.4 Å². The molecule has 0 aromatic rings. The van der Waals surface area contributed by atoms with Crippen molar-refractivity contribution in [3.63, 3.8) is 0 Å². The molecule has 0 aromatic carbocycles. The Morgan fingerprint density at radius 3 is 2.92 bits per heavy atom. The van der Waals surface area contributed by atoms with E-state index in [1.807, 2.05) is 0 Å². The number of rotatable bonds is 1. The van der Waals surface area contributed by atoms with Crippen LogP contribution in [0.15, 0.2) is 11.6 Å². The number of carbonyl (C=O) groups is 1. The fraction of sp³-hybridized carbons (Fsp3) is 0.625. The normalized spacial score (nSPS) is 35.9. The number of nitrogens with two attached hydrogens (primary N) is 1. The average molecular weight is 173 g/mol. The van der Waals surface area contributed by atoms with Gasteiger partial charge in [-0.05, 0) is 19.8 Å². The van der Waals surface area contributed by atoms with Crippen LogP contribution in [0.3, 0.4) is 0 Å². The number of hydrogen-bond donors (Lipinski definition) is 2. The smallest absolute Gasteiger partial charge is 0.331 e. The van der Waals surface area contributed by atoms with Crippen LogP contribution in [0.2, 0.25) is 0 Å². The molecule has 0 aromatic heterocycles. The molecule has 2 atom stereocenters. The fourth-order valence-corrected chi connectivity index (χ4v) is 1.20. The summed E-state index contributed by atoms with van der Waals surface area (Å²) >= 11 is 0. The molecule has 0 aliphatic heterocycles. The predicted molar refractivity (Wildman–Crippen MR) is 42.4 cm³/mol. The van der Waals surface area contributed by atoms with Crippen LogP contribution in [0, 0.1) is 0 Å². The van der Waals surface area contributed by atoms with Gasteiger partial charge < -0.3 is 10.8 Å². The minimum Gasteiger partial charge on any atom is -0.478 e. The fourth-order valence-electron chi connectivity index (χ4n) is 1.20. The predicted octanol–water partition coefficient (Wildman–Crippen LogP) is 0.847. The van der Waals surface area contributed by atoms with E-state index in [2.05, 4.69) is 0 Å². The van der Waals surface area contributed by atoms with Gasteiger partial charge in [-0.15, -0.1) is 0 Å². The van der Waals surface area contributed by atoms with Gasteiger partial charge in [0.25, 0.3) is 0 Å². The molecule has 0 radical (unpaired) electrons. The van der Waals surface area contributed by atoms with Crippen LogP contribution >= 0.6 is 0 Å². The second-order valence-corrected chi connectivity index (χ2v) is 3.30. The standard InChI is InChI=1S/C8H12FNO2/c1-8(9)3-2-5(7(11)12)4-6(8)10/h4,6H,2-3,10H2,1H3,(H,11,12)/t6?,8-/m0/s1. The van der Waals surface area contributed by atoms with E-state index < -0.39 is 17.7 Å². The summed E-state index contributed by atoms with van der Waals surface area (Å²) in [6.07, 6.45) is 1.74. The molecule has 0 spiro atoms. The summed E-state index contributed by atoms with van der Waals surface area (Å²) in [7, 11) is 0. The van der Waals surface area contributed by atoms with E-state index in [4.69, 9.17) is 10.8 Å². The van der Waals surface area contributed by atoms with Crippen LogP contribution in [0.25, 0.3) is 0 Å². The van der Waals surface area contributed by atoms with Gasteiger partial charge in [0.1, 0.15) is 5.67 Å². The van der Waals surface area contributed by atoms with Gasteiger partial charge >= 0.3 is 5.97 Å². The van der Waals surface area contributed by atoms with E-state index in [0.717, 1.165) is 0 Å². The summed E-state index contributed by atoms with van der Waals surface area (Å²) in [5, 5.41) is 8.58. The van der Waals surface area contributed by atoms with E-state index in [1.54, 1.807) is 0 Å². The third-order valence-corrected chi connectivity index (χ3v) is 2.23. The minimum atomic E-state index is -1.46. The zero-order chi connectivity index (χ0) is 9.35. The third-order valence-electron chi connectivity index (χ3n) is 2.23. The first-order chi connectivity index (χ1) is 5.43. The number of aliphatic carboxylic acids is 1. The molecule has 12 heavy (non-hydrogen) atoms. The molecule has 0 fully saturated rings. The van der Waals surface area contributed by atoms with Crippen LogP contribution in [0.4, 0.5) is 4.39 Å². The lowest BCUT2D eigenvalue weighted by molar-refractivity contribution is -0.133. The molecule has 3 N–H and O–H groups in total. The maximum Gasteiger partial charge on any atom is 0.331 e. The number of halogens is 1. The van der Waals surface area contributed by atoms with E-state index in [0.29, 0.717) is 0 Å². The summed E-state index contributed by atoms with van der Waals surface area (Å²) in [5.74, 6) is -0.999. The average Bonchev–Trinajstić information content (AvgIpc) is 1.94. The Hall–Kier alpha value is -0.900. The van der Waals surface area contributed by atoms with E-state index in [1.165, 1.54) is 13.0 Å². The maximum absolute atomic E-state index is 13.3. The Morgan fingerprint density at radius 2 is 2.50 bits per heavy atom. The van der Waals surface area contributed by atoms with Gasteiger partial charge in [0.15, 0.2) is 0 Å². The Labute approximate surface area is 70.1 Å². The number of carboxylic acid groups (broad SMARTS) is 1. The van der Waals surface area contributed by atoms with Gasteiger partial charge in [-0.2, -0.15) is 0 Å². The summed E-state index contributed by atoms with van der Waals surface area (Å²) in [6.45, 7) is 1.40. The van der Waals surface area contributed by atoms with Gasteiger partial charge in [-0.3, -0.25) is 0 Å². The van der Waals surface area contributed by atoms with Crippen molar-refractivity contribution in [2.75, 3.05) is 0 Å². The number of carboxylic acids is 1. The molecule has 3 nitrogen and oxygen atoms in total. The van der Waals surface area contributed by atoms with Crippen molar-refractivity contribution >= 4 is 5.97 Å². The zero-order valence-electron chi connectivity index (χ0n) is 6.88. The molecule has 68 valence electrons. The Kier molecular flexibility index (Phi) is 2.19. The van der Waals surface area contributed by atoms with Crippen molar-refractivity contribution in [1.29, 1.82) is 0 Å². The summed E-state index contributed by atoms with van der Waals surface area (Å²) in [6, 6.07) is -0.794. The van der Waals surface area contributed by atoms with Gasteiger partial charge in [-0.1, -0.05) is 6.08 Å². The molecule has 0 amide bonds. The first kappa shape index (κ1) is 9.19. The molecule has 0 heterocycles. The molecule has 0 bridgehead atoms. The highest BCUT2D eigenvalue weighted by atomic mass is 19.1. The second-order valence-electron chi connectivity index (χ2n) is 3.30. The largest absolute Gasteiger partial charge is 0.478 e. The van der Waals surface area contributed by atoms with Gasteiger partial charge in [0.2, 0.25) is 0 Å². The lowest BCUT2D eigenvalue weighted by Crippen LogP contribution is -2.43. The van der Waals surface area contributed by atoms with Gasteiger partial charge in [0, 0.05) is 5.57 Å². The first-order valence-electron chi connectivity index (χ1n) is 3.82. The highest BCUT2D eigenvalue weighted by molar-refractivity contribution is 5.86. The summed E-state index contributed by atoms with van der Waals surface area (Å²) in [4.78, 5) is 10.5. The topological polar surface area (TPSA) is 63.3 Å². The number of alkyl halides is 1. The lowest BCUT2D eigenvalue weighted by Gasteiger charge is -2.29. The zero-order valence-corrected chi connectivity index (χ0v) is 6.88. The van der Waals surface area contributed by atoms with Crippen molar-refractivity contribution in [2.24, 2.45) is 5.73 Å². The minimum absolute atomic E-state index is 0.187. The van der Waals surface area contributed by atoms with Crippen molar-refractivity contribution in [3.05, 3.63) is 11.6 Å². The quantitative estimate of drug-likeness (QED) is 0.617. The Morgan fingerprint density at radius 1 is 1.92 bits per heavy atom. The number of hydrogen-bond acceptors (Lipinski definition) is 2. The summed E-state index contributed by atoms with van der Waals surface area (Å²) in [5.41, 5.74) is 4.19. The first-order valence-corrected chi connectivity index (χ1v) is 3.82. The second kappa shape index (κ2) is 2.86. The van der Waals surface area contributed by atoms with Crippen LogP contribution in [-0.2, 0) is 4.79 Å². The Balaban J connectivity index is 2.82. The van der Waals surface area contributed by atoms with Gasteiger partial charge in [0.05, 0.1) is 6.04 Å². The molecule has 4 heteroatoms. The highest BCUT2D eigenvalue weighted by Gasteiger charge is 2.34. The molecular formula is C8H12FNO2. The molecule has 0 saturated heterocycles. The SMILES string of the molecule is C[C@]1(F)CCC(C(=O)O)=CC1N. The van der Waals surface area contributed by atoms with E-state index in [9.17, 15) is 9.18 Å². The van der Waals surface area contributed by atoms with Crippen molar-refractivity contribution in [1.82, 2.24) is 0 Å². The molecule has 1 aliphatic carbocycles. The van der Waals surface area contributed by atoms with Crippen LogP contribution in [0.1, 0.15) is 19.8 Å². The van der Waals surface area contributed by atoms with Gasteiger partial charge in [-0.25, -0.2) is 9.18 Å².